The molecule has 0 aliphatic carbocycles. The Morgan fingerprint density at radius 2 is 2.00 bits per heavy atom. The molecule has 23 heavy (non-hydrogen) atoms. The zero-order valence-electron chi connectivity index (χ0n) is 11.8. The Labute approximate surface area is 135 Å². The first-order valence-electron chi connectivity index (χ1n) is 6.68. The number of anilines is 1. The van der Waals surface area contributed by atoms with Gasteiger partial charge in [-0.15, -0.1) is 11.3 Å². The molecule has 0 radical (unpaired) electrons. The molecular formula is C16H11N3O3S. The van der Waals surface area contributed by atoms with E-state index in [1.54, 1.807) is 23.7 Å². The van der Waals surface area contributed by atoms with E-state index in [4.69, 9.17) is 0 Å². The summed E-state index contributed by atoms with van der Waals surface area (Å²) in [6.45, 7) is 0. The average molecular weight is 325 g/mol. The number of carbonyl (C=O) groups is 1. The van der Waals surface area contributed by atoms with Crippen molar-refractivity contribution in [3.05, 3.63) is 69.7 Å². The molecule has 0 aliphatic heterocycles. The molecule has 0 fully saturated rings. The van der Waals surface area contributed by atoms with Crippen LogP contribution in [-0.4, -0.2) is 15.8 Å². The quantitative estimate of drug-likeness (QED) is 0.448. The highest BCUT2D eigenvalue weighted by Gasteiger charge is 2.04. The van der Waals surface area contributed by atoms with Crippen LogP contribution in [0.15, 0.2) is 54.1 Å². The van der Waals surface area contributed by atoms with E-state index in [0.717, 1.165) is 10.2 Å². The number of hydrogen-bond acceptors (Lipinski definition) is 5. The van der Waals surface area contributed by atoms with Crippen LogP contribution in [0.1, 0.15) is 5.56 Å². The lowest BCUT2D eigenvalue weighted by Crippen LogP contribution is -2.07. The van der Waals surface area contributed by atoms with E-state index in [2.05, 4.69) is 10.3 Å². The van der Waals surface area contributed by atoms with Crippen molar-refractivity contribution in [2.45, 2.75) is 0 Å². The van der Waals surface area contributed by atoms with Crippen molar-refractivity contribution in [2.24, 2.45) is 0 Å². The minimum Gasteiger partial charge on any atom is -0.322 e. The van der Waals surface area contributed by atoms with E-state index in [1.165, 1.54) is 29.5 Å². The molecule has 3 rings (SSSR count). The summed E-state index contributed by atoms with van der Waals surface area (Å²) in [6, 6.07) is 11.5. The van der Waals surface area contributed by atoms with Gasteiger partial charge in [-0.1, -0.05) is 0 Å². The molecule has 0 atom stereocenters. The molecule has 114 valence electrons. The van der Waals surface area contributed by atoms with Gasteiger partial charge >= 0.3 is 0 Å². The molecule has 2 aromatic carbocycles. The molecule has 0 aliphatic rings. The Bertz CT molecular complexity index is 900. The third kappa shape index (κ3) is 3.58. The van der Waals surface area contributed by atoms with Crippen molar-refractivity contribution < 1.29 is 9.72 Å². The first-order valence-corrected chi connectivity index (χ1v) is 7.56. The van der Waals surface area contributed by atoms with Crippen LogP contribution in [0.4, 0.5) is 11.4 Å². The van der Waals surface area contributed by atoms with E-state index >= 15 is 0 Å². The van der Waals surface area contributed by atoms with Crippen molar-refractivity contribution in [3.63, 3.8) is 0 Å². The van der Waals surface area contributed by atoms with E-state index in [0.29, 0.717) is 11.3 Å². The van der Waals surface area contributed by atoms with Crippen molar-refractivity contribution in [3.8, 4) is 0 Å². The van der Waals surface area contributed by atoms with E-state index < -0.39 is 4.92 Å². The topological polar surface area (TPSA) is 85.1 Å². The summed E-state index contributed by atoms with van der Waals surface area (Å²) in [4.78, 5) is 26.2. The molecule has 1 N–H and O–H groups in total. The minimum atomic E-state index is -0.463. The molecule has 7 heteroatoms. The Kier molecular flexibility index (Phi) is 4.11. The maximum atomic E-state index is 11.9. The second-order valence-corrected chi connectivity index (χ2v) is 5.59. The highest BCUT2D eigenvalue weighted by atomic mass is 32.1. The Hall–Kier alpha value is -3.06. The summed E-state index contributed by atoms with van der Waals surface area (Å²) in [6.07, 6.45) is 2.98. The number of nitro groups is 1. The van der Waals surface area contributed by atoms with Gasteiger partial charge in [0.05, 0.1) is 20.7 Å². The van der Waals surface area contributed by atoms with Gasteiger partial charge in [0, 0.05) is 23.9 Å². The molecule has 0 saturated carbocycles. The molecule has 0 bridgehead atoms. The number of non-ortho nitro benzene ring substituents is 1. The Balaban J connectivity index is 1.67. The summed E-state index contributed by atoms with van der Waals surface area (Å²) in [5.41, 5.74) is 3.99. The summed E-state index contributed by atoms with van der Waals surface area (Å²) < 4.78 is 1.06. The van der Waals surface area contributed by atoms with Gasteiger partial charge in [-0.05, 0) is 42.0 Å². The molecule has 1 aromatic heterocycles. The highest BCUT2D eigenvalue weighted by Crippen LogP contribution is 2.21. The maximum absolute atomic E-state index is 11.9. The fourth-order valence-electron chi connectivity index (χ4n) is 2.00. The molecular weight excluding hydrogens is 314 g/mol. The number of aromatic nitrogens is 1. The second kappa shape index (κ2) is 6.37. The van der Waals surface area contributed by atoms with Gasteiger partial charge in [0.25, 0.3) is 5.69 Å². The summed E-state index contributed by atoms with van der Waals surface area (Å²) >= 11 is 1.54. The lowest BCUT2D eigenvalue weighted by molar-refractivity contribution is -0.384. The number of nitrogens with one attached hydrogen (secondary N) is 1. The van der Waals surface area contributed by atoms with Crippen LogP contribution in [0.5, 0.6) is 0 Å². The number of carbonyl (C=O) groups excluding carboxylic acids is 1. The average Bonchev–Trinajstić information content (AvgIpc) is 3.01. The Morgan fingerprint density at radius 1 is 1.22 bits per heavy atom. The number of hydrogen-bond donors (Lipinski definition) is 1. The SMILES string of the molecule is O=C(/C=C\c1ccc([N+](=O)[O-])cc1)Nc1ccc2scnc2c1. The van der Waals surface area contributed by atoms with E-state index in [-0.39, 0.29) is 11.6 Å². The normalized spacial score (nSPS) is 11.0. The molecule has 0 saturated heterocycles. The lowest BCUT2D eigenvalue weighted by Gasteiger charge is -2.01. The van der Waals surface area contributed by atoms with E-state index in [1.807, 2.05) is 18.2 Å². The van der Waals surface area contributed by atoms with Gasteiger partial charge in [0.2, 0.25) is 5.91 Å². The molecule has 0 spiro atoms. The zero-order chi connectivity index (χ0) is 16.2. The van der Waals surface area contributed by atoms with Crippen LogP contribution in [0.3, 0.4) is 0 Å². The fraction of sp³-hybridized carbons (Fsp3) is 0. The van der Waals surface area contributed by atoms with Crippen LogP contribution in [0.2, 0.25) is 0 Å². The summed E-state index contributed by atoms with van der Waals surface area (Å²) in [7, 11) is 0. The first-order chi connectivity index (χ1) is 11.1. The van der Waals surface area contributed by atoms with E-state index in [9.17, 15) is 14.9 Å². The third-order valence-corrected chi connectivity index (χ3v) is 3.94. The van der Waals surface area contributed by atoms with Gasteiger partial charge in [0.1, 0.15) is 0 Å². The van der Waals surface area contributed by atoms with Gasteiger partial charge < -0.3 is 5.32 Å². The van der Waals surface area contributed by atoms with Crippen LogP contribution in [-0.2, 0) is 4.79 Å². The van der Waals surface area contributed by atoms with Crippen LogP contribution < -0.4 is 5.32 Å². The lowest BCUT2D eigenvalue weighted by atomic mass is 10.2. The first kappa shape index (κ1) is 14.9. The molecule has 0 unspecified atom stereocenters. The smallest absolute Gasteiger partial charge is 0.269 e. The largest absolute Gasteiger partial charge is 0.322 e. The van der Waals surface area contributed by atoms with Crippen molar-refractivity contribution >= 4 is 44.9 Å². The number of amides is 1. The van der Waals surface area contributed by atoms with Gasteiger partial charge in [-0.3, -0.25) is 14.9 Å². The van der Waals surface area contributed by atoms with Gasteiger partial charge in [-0.25, -0.2) is 4.98 Å². The number of rotatable bonds is 4. The number of fused-ring (bicyclic) bond motifs is 1. The van der Waals surface area contributed by atoms with Crippen molar-refractivity contribution in [1.29, 1.82) is 0 Å². The molecule has 1 heterocycles. The van der Waals surface area contributed by atoms with Gasteiger partial charge in [0.15, 0.2) is 0 Å². The van der Waals surface area contributed by atoms with Crippen molar-refractivity contribution in [1.82, 2.24) is 4.98 Å². The predicted octanol–water partition coefficient (Wildman–Crippen LogP) is 3.86. The number of thiazole rings is 1. The maximum Gasteiger partial charge on any atom is 0.269 e. The fourth-order valence-corrected chi connectivity index (χ4v) is 2.66. The third-order valence-electron chi connectivity index (χ3n) is 3.13. The number of nitro benzene ring substituents is 1. The Morgan fingerprint density at radius 3 is 2.74 bits per heavy atom. The van der Waals surface area contributed by atoms with Crippen LogP contribution in [0, 0.1) is 10.1 Å². The highest BCUT2D eigenvalue weighted by molar-refractivity contribution is 7.16. The minimum absolute atomic E-state index is 0.0168. The molecule has 3 aromatic rings. The monoisotopic (exact) mass is 325 g/mol. The molecule has 1 amide bonds. The zero-order valence-corrected chi connectivity index (χ0v) is 12.6. The number of nitrogens with zero attached hydrogens (tertiary/aromatic N) is 2. The second-order valence-electron chi connectivity index (χ2n) is 4.71. The molecule has 6 nitrogen and oxygen atoms in total. The van der Waals surface area contributed by atoms with Crippen molar-refractivity contribution in [2.75, 3.05) is 5.32 Å². The standard InChI is InChI=1S/C16H11N3O3S/c20-16(8-3-11-1-5-13(6-2-11)19(21)22)18-12-4-7-15-14(9-12)17-10-23-15/h1-10H,(H,18,20)/b8-3-. The summed E-state index contributed by atoms with van der Waals surface area (Å²) in [5, 5.41) is 13.3. The predicted molar refractivity (Wildman–Crippen MR) is 90.4 cm³/mol. The summed E-state index contributed by atoms with van der Waals surface area (Å²) in [5.74, 6) is -0.280. The van der Waals surface area contributed by atoms with Gasteiger partial charge in [-0.2, -0.15) is 0 Å². The van der Waals surface area contributed by atoms with Crippen LogP contribution in [0.25, 0.3) is 16.3 Å². The van der Waals surface area contributed by atoms with Crippen LogP contribution >= 0.6 is 11.3 Å². The number of benzene rings is 2.